The van der Waals surface area contributed by atoms with Gasteiger partial charge in [-0.15, -0.1) is 11.3 Å². The first-order valence-electron chi connectivity index (χ1n) is 10.5. The summed E-state index contributed by atoms with van der Waals surface area (Å²) in [5, 5.41) is 6.96. The van der Waals surface area contributed by atoms with Crippen molar-refractivity contribution in [2.24, 2.45) is 5.92 Å². The smallest absolute Gasteiger partial charge is 0.257 e. The van der Waals surface area contributed by atoms with E-state index in [2.05, 4.69) is 56.3 Å². The van der Waals surface area contributed by atoms with Gasteiger partial charge in [-0.25, -0.2) is 4.98 Å². The van der Waals surface area contributed by atoms with Crippen molar-refractivity contribution in [2.45, 2.75) is 13.8 Å². The maximum absolute atomic E-state index is 12.8. The standard InChI is InChI=1S/C25H21Br2N3O2S2/c1-14(2)13-32-17-7-5-6-15(10-17)23(31)30-25(33)29-22-18(11-16(26)12-19(22)27)24-28-20-8-3-4-9-21(20)34-24/h3-12,14H,13H2,1-2H3,(H2,29,30,31,33). The third kappa shape index (κ3) is 6.02. The molecule has 0 atom stereocenters. The second kappa shape index (κ2) is 10.9. The maximum Gasteiger partial charge on any atom is 0.257 e. The molecule has 4 aromatic rings. The van der Waals surface area contributed by atoms with Gasteiger partial charge >= 0.3 is 0 Å². The Bertz CT molecular complexity index is 1340. The zero-order valence-corrected chi connectivity index (χ0v) is 23.2. The van der Waals surface area contributed by atoms with Gasteiger partial charge in [-0.3, -0.25) is 10.1 Å². The van der Waals surface area contributed by atoms with Crippen LogP contribution in [0.2, 0.25) is 0 Å². The predicted molar refractivity (Wildman–Crippen MR) is 151 cm³/mol. The van der Waals surface area contributed by atoms with E-state index in [0.29, 0.717) is 23.8 Å². The molecule has 0 saturated heterocycles. The molecule has 0 aliphatic rings. The lowest BCUT2D eigenvalue weighted by atomic mass is 10.2. The highest BCUT2D eigenvalue weighted by Gasteiger charge is 2.17. The molecule has 4 rings (SSSR count). The Morgan fingerprint density at radius 1 is 1.12 bits per heavy atom. The molecule has 0 aliphatic heterocycles. The molecule has 174 valence electrons. The second-order valence-electron chi connectivity index (χ2n) is 7.94. The summed E-state index contributed by atoms with van der Waals surface area (Å²) < 4.78 is 8.51. The number of carbonyl (C=O) groups excluding carboxylic acids is 1. The van der Waals surface area contributed by atoms with Crippen LogP contribution in [0, 0.1) is 5.92 Å². The molecule has 1 aromatic heterocycles. The number of nitrogens with zero attached hydrogens (tertiary/aromatic N) is 1. The summed E-state index contributed by atoms with van der Waals surface area (Å²) in [6.07, 6.45) is 0. The quantitative estimate of drug-likeness (QED) is 0.217. The van der Waals surface area contributed by atoms with Crippen LogP contribution in [-0.2, 0) is 0 Å². The van der Waals surface area contributed by atoms with Crippen molar-refractivity contribution >= 4 is 82.3 Å². The molecule has 1 heterocycles. The van der Waals surface area contributed by atoms with E-state index < -0.39 is 0 Å². The Balaban J connectivity index is 1.54. The van der Waals surface area contributed by atoms with E-state index in [9.17, 15) is 4.79 Å². The Labute approximate surface area is 224 Å². The van der Waals surface area contributed by atoms with Gasteiger partial charge in [-0.2, -0.15) is 0 Å². The lowest BCUT2D eigenvalue weighted by Gasteiger charge is -2.15. The largest absolute Gasteiger partial charge is 0.493 e. The summed E-state index contributed by atoms with van der Waals surface area (Å²) in [5.74, 6) is 0.722. The van der Waals surface area contributed by atoms with E-state index in [0.717, 1.165) is 35.4 Å². The summed E-state index contributed by atoms with van der Waals surface area (Å²) in [6, 6.07) is 18.9. The summed E-state index contributed by atoms with van der Waals surface area (Å²) in [7, 11) is 0. The van der Waals surface area contributed by atoms with E-state index in [1.807, 2.05) is 42.5 Å². The van der Waals surface area contributed by atoms with Crippen LogP contribution in [0.1, 0.15) is 24.2 Å². The first-order valence-corrected chi connectivity index (χ1v) is 13.3. The van der Waals surface area contributed by atoms with Gasteiger partial charge in [0.2, 0.25) is 0 Å². The van der Waals surface area contributed by atoms with Crippen molar-refractivity contribution in [3.63, 3.8) is 0 Å². The third-order valence-corrected chi connectivity index (χ3v) is 7.08. The zero-order valence-electron chi connectivity index (χ0n) is 18.4. The molecule has 5 nitrogen and oxygen atoms in total. The van der Waals surface area contributed by atoms with E-state index in [1.165, 1.54) is 0 Å². The summed E-state index contributed by atoms with van der Waals surface area (Å²) >= 11 is 14.2. The van der Waals surface area contributed by atoms with Gasteiger partial charge in [0.15, 0.2) is 5.11 Å². The predicted octanol–water partition coefficient (Wildman–Crippen LogP) is 7.65. The minimum atomic E-state index is -0.317. The minimum Gasteiger partial charge on any atom is -0.493 e. The zero-order chi connectivity index (χ0) is 24.2. The number of amides is 1. The molecule has 0 fully saturated rings. The van der Waals surface area contributed by atoms with Crippen LogP contribution in [0.25, 0.3) is 20.8 Å². The average molecular weight is 619 g/mol. The first-order chi connectivity index (χ1) is 16.3. The van der Waals surface area contributed by atoms with Crippen molar-refractivity contribution in [1.29, 1.82) is 0 Å². The number of hydrogen-bond donors (Lipinski definition) is 2. The number of aromatic nitrogens is 1. The Hall–Kier alpha value is -2.33. The molecule has 34 heavy (non-hydrogen) atoms. The summed E-state index contributed by atoms with van der Waals surface area (Å²) in [6.45, 7) is 4.73. The first kappa shape index (κ1) is 24.8. The summed E-state index contributed by atoms with van der Waals surface area (Å²) in [4.78, 5) is 17.6. The van der Waals surface area contributed by atoms with Crippen LogP contribution in [0.3, 0.4) is 0 Å². The summed E-state index contributed by atoms with van der Waals surface area (Å²) in [5.41, 5.74) is 2.98. The van der Waals surface area contributed by atoms with E-state index >= 15 is 0 Å². The number of thiocarbonyl (C=S) groups is 1. The van der Waals surface area contributed by atoms with Crippen LogP contribution in [0.4, 0.5) is 5.69 Å². The fraction of sp³-hybridized carbons (Fsp3) is 0.160. The monoisotopic (exact) mass is 617 g/mol. The number of rotatable bonds is 6. The van der Waals surface area contributed by atoms with Crippen molar-refractivity contribution in [3.05, 3.63) is 75.2 Å². The molecule has 3 aromatic carbocycles. The number of benzene rings is 3. The van der Waals surface area contributed by atoms with Crippen molar-refractivity contribution in [2.75, 3.05) is 11.9 Å². The molecule has 0 aliphatic carbocycles. The second-order valence-corrected chi connectivity index (χ2v) is 11.1. The Morgan fingerprint density at radius 3 is 2.68 bits per heavy atom. The topological polar surface area (TPSA) is 63.2 Å². The average Bonchev–Trinajstić information content (AvgIpc) is 3.23. The fourth-order valence-electron chi connectivity index (χ4n) is 3.17. The number of ether oxygens (including phenoxy) is 1. The highest BCUT2D eigenvalue weighted by Crippen LogP contribution is 2.40. The third-order valence-electron chi connectivity index (χ3n) is 4.72. The van der Waals surface area contributed by atoms with Gasteiger partial charge in [-0.05, 0) is 76.5 Å². The van der Waals surface area contributed by atoms with Gasteiger partial charge in [0.1, 0.15) is 10.8 Å². The van der Waals surface area contributed by atoms with Gasteiger partial charge in [0.05, 0.1) is 22.5 Å². The number of para-hydroxylation sites is 1. The molecular formula is C25H21Br2N3O2S2. The van der Waals surface area contributed by atoms with Crippen LogP contribution >= 0.6 is 55.4 Å². The molecule has 0 radical (unpaired) electrons. The number of thiazole rings is 1. The van der Waals surface area contributed by atoms with Crippen LogP contribution in [-0.4, -0.2) is 22.6 Å². The minimum absolute atomic E-state index is 0.184. The van der Waals surface area contributed by atoms with Gasteiger partial charge in [-0.1, -0.05) is 48.0 Å². The molecule has 0 unspecified atom stereocenters. The van der Waals surface area contributed by atoms with E-state index in [1.54, 1.807) is 29.5 Å². The Kier molecular flexibility index (Phi) is 7.98. The lowest BCUT2D eigenvalue weighted by Crippen LogP contribution is -2.34. The van der Waals surface area contributed by atoms with Crippen LogP contribution in [0.15, 0.2) is 69.6 Å². The number of halogens is 2. The number of anilines is 1. The molecule has 1 amide bonds. The van der Waals surface area contributed by atoms with Gasteiger partial charge in [0.25, 0.3) is 5.91 Å². The molecule has 0 spiro atoms. The number of fused-ring (bicyclic) bond motifs is 1. The molecule has 2 N–H and O–H groups in total. The number of nitrogens with one attached hydrogen (secondary N) is 2. The number of hydrogen-bond acceptors (Lipinski definition) is 5. The highest BCUT2D eigenvalue weighted by molar-refractivity contribution is 9.11. The van der Waals surface area contributed by atoms with E-state index in [4.69, 9.17) is 21.9 Å². The van der Waals surface area contributed by atoms with Gasteiger partial charge in [0, 0.05) is 20.1 Å². The van der Waals surface area contributed by atoms with E-state index in [-0.39, 0.29) is 11.0 Å². The Morgan fingerprint density at radius 2 is 1.91 bits per heavy atom. The van der Waals surface area contributed by atoms with Crippen LogP contribution < -0.4 is 15.4 Å². The van der Waals surface area contributed by atoms with Crippen molar-refractivity contribution in [1.82, 2.24) is 10.3 Å². The molecule has 0 saturated carbocycles. The van der Waals surface area contributed by atoms with Crippen molar-refractivity contribution < 1.29 is 9.53 Å². The highest BCUT2D eigenvalue weighted by atomic mass is 79.9. The molecule has 0 bridgehead atoms. The lowest BCUT2D eigenvalue weighted by molar-refractivity contribution is 0.0977. The number of carbonyl (C=O) groups is 1. The molecule has 9 heteroatoms. The normalized spacial score (nSPS) is 11.0. The van der Waals surface area contributed by atoms with Gasteiger partial charge < -0.3 is 10.1 Å². The van der Waals surface area contributed by atoms with Crippen molar-refractivity contribution in [3.8, 4) is 16.3 Å². The molecular weight excluding hydrogens is 598 g/mol. The van der Waals surface area contributed by atoms with Crippen LogP contribution in [0.5, 0.6) is 5.75 Å². The maximum atomic E-state index is 12.8. The SMILES string of the molecule is CC(C)COc1cccc(C(=O)NC(=S)Nc2c(Br)cc(Br)cc2-c2nc3ccccc3s2)c1. The fourth-order valence-corrected chi connectivity index (χ4v) is 5.67.